The Kier molecular flexibility index (Phi) is 5.89. The Balaban J connectivity index is 2.04. The van der Waals surface area contributed by atoms with Crippen molar-refractivity contribution >= 4 is 22.6 Å². The molecule has 0 bridgehead atoms. The van der Waals surface area contributed by atoms with Gasteiger partial charge in [-0.1, -0.05) is 6.07 Å². The van der Waals surface area contributed by atoms with E-state index in [0.29, 0.717) is 40.0 Å². The monoisotopic (exact) mass is 440 g/mol. The molecule has 0 amide bonds. The van der Waals surface area contributed by atoms with Crippen LogP contribution < -0.4 is 14.2 Å². The Labute approximate surface area is 180 Å². The summed E-state index contributed by atoms with van der Waals surface area (Å²) in [5, 5.41) is 0. The van der Waals surface area contributed by atoms with Crippen molar-refractivity contribution in [2.24, 2.45) is 0 Å². The van der Waals surface area contributed by atoms with Crippen molar-refractivity contribution in [1.82, 2.24) is 29.2 Å². The molecule has 0 saturated heterocycles. The number of hydrogen-bond acceptors (Lipinski definition) is 7. The number of para-hydroxylation sites is 1. The van der Waals surface area contributed by atoms with Crippen molar-refractivity contribution < 1.29 is 18.2 Å². The first kappa shape index (κ1) is 20.8. The first-order valence-electron chi connectivity index (χ1n) is 9.24. The molecule has 3 aromatic heterocycles. The molecule has 0 aliphatic heterocycles. The van der Waals surface area contributed by atoms with E-state index >= 15 is 0 Å². The Morgan fingerprint density at radius 2 is 1.87 bits per heavy atom. The number of benzene rings is 1. The molecule has 4 rings (SSSR count). The molecule has 0 spiro atoms. The minimum absolute atomic E-state index is 0.0572. The number of hydrogen-bond donors (Lipinski definition) is 2. The molecule has 10 nitrogen and oxygen atoms in total. The fourth-order valence-corrected chi connectivity index (χ4v) is 3.51. The molecule has 1 atom stereocenters. The van der Waals surface area contributed by atoms with E-state index in [-0.39, 0.29) is 6.54 Å². The topological polar surface area (TPSA) is 124 Å². The summed E-state index contributed by atoms with van der Waals surface area (Å²) in [6.07, 6.45) is 4.98. The van der Waals surface area contributed by atoms with Gasteiger partial charge in [0.25, 0.3) is 0 Å². The van der Waals surface area contributed by atoms with Crippen LogP contribution in [-0.4, -0.2) is 47.5 Å². The molecule has 0 aliphatic rings. The lowest BCUT2D eigenvalue weighted by atomic mass is 10.2. The second-order valence-corrected chi connectivity index (χ2v) is 7.40. The average molecular weight is 440 g/mol. The van der Waals surface area contributed by atoms with Gasteiger partial charge in [0.2, 0.25) is 11.3 Å². The van der Waals surface area contributed by atoms with Gasteiger partial charge < -0.3 is 9.47 Å². The standard InChI is InChI=1S/C20H20N6O4S/c1-12-7-13(9-21-8-12)19-25-18-20(24-14(10-22-18)11-23-31(27)28)26(19)17-15(29-2)5-4-6-16(17)30-3/h4-10,23H,11H2,1-3H3,(H,27,28). The van der Waals surface area contributed by atoms with Crippen molar-refractivity contribution in [1.29, 1.82) is 0 Å². The van der Waals surface area contributed by atoms with E-state index in [1.165, 1.54) is 6.20 Å². The Morgan fingerprint density at radius 1 is 1.13 bits per heavy atom. The van der Waals surface area contributed by atoms with Crippen LogP contribution in [0.5, 0.6) is 11.5 Å². The lowest BCUT2D eigenvalue weighted by Crippen LogP contribution is -2.16. The fourth-order valence-electron chi connectivity index (χ4n) is 3.24. The number of imidazole rings is 1. The van der Waals surface area contributed by atoms with Crippen LogP contribution in [0.1, 0.15) is 11.3 Å². The second kappa shape index (κ2) is 8.76. The van der Waals surface area contributed by atoms with E-state index in [0.717, 1.165) is 11.1 Å². The highest BCUT2D eigenvalue weighted by molar-refractivity contribution is 7.77. The summed E-state index contributed by atoms with van der Waals surface area (Å²) < 4.78 is 35.5. The predicted octanol–water partition coefficient (Wildman–Crippen LogP) is 2.43. The highest BCUT2D eigenvalue weighted by Crippen LogP contribution is 2.37. The van der Waals surface area contributed by atoms with Crippen molar-refractivity contribution in [3.63, 3.8) is 0 Å². The third-order valence-corrected chi connectivity index (χ3v) is 4.95. The largest absolute Gasteiger partial charge is 0.494 e. The molecule has 3 heterocycles. The summed E-state index contributed by atoms with van der Waals surface area (Å²) >= 11 is -2.17. The third-order valence-electron chi connectivity index (χ3n) is 4.56. The van der Waals surface area contributed by atoms with Gasteiger partial charge in [-0.3, -0.25) is 14.1 Å². The summed E-state index contributed by atoms with van der Waals surface area (Å²) in [5.41, 5.74) is 3.67. The number of aromatic nitrogens is 5. The zero-order valence-electron chi connectivity index (χ0n) is 17.1. The number of fused-ring (bicyclic) bond motifs is 1. The maximum atomic E-state index is 11.0. The van der Waals surface area contributed by atoms with Gasteiger partial charge in [0, 0.05) is 18.0 Å². The van der Waals surface area contributed by atoms with Crippen LogP contribution >= 0.6 is 0 Å². The SMILES string of the molecule is COc1cccc(OC)c1-n1c(-c2cncc(C)c2)nc2ncc(CNS(=O)O)nc21. The van der Waals surface area contributed by atoms with Gasteiger partial charge in [-0.2, -0.15) is 0 Å². The van der Waals surface area contributed by atoms with Crippen LogP contribution in [0, 0.1) is 6.92 Å². The van der Waals surface area contributed by atoms with Crippen molar-refractivity contribution in [2.75, 3.05) is 14.2 Å². The summed E-state index contributed by atoms with van der Waals surface area (Å²) in [7, 11) is 3.14. The molecular weight excluding hydrogens is 420 g/mol. The van der Waals surface area contributed by atoms with Crippen LogP contribution in [0.4, 0.5) is 0 Å². The normalized spacial score (nSPS) is 12.1. The van der Waals surface area contributed by atoms with E-state index in [4.69, 9.17) is 19.0 Å². The van der Waals surface area contributed by atoms with E-state index < -0.39 is 11.3 Å². The van der Waals surface area contributed by atoms with Crippen LogP contribution in [0.25, 0.3) is 28.4 Å². The van der Waals surface area contributed by atoms with Gasteiger partial charge >= 0.3 is 0 Å². The molecular formula is C20H20N6O4S. The first-order valence-corrected chi connectivity index (χ1v) is 10.3. The number of pyridine rings is 1. The summed E-state index contributed by atoms with van der Waals surface area (Å²) in [4.78, 5) is 18.0. The molecule has 160 valence electrons. The molecule has 1 unspecified atom stereocenters. The summed E-state index contributed by atoms with van der Waals surface area (Å²) in [6, 6.07) is 7.42. The smallest absolute Gasteiger partial charge is 0.232 e. The van der Waals surface area contributed by atoms with E-state index in [9.17, 15) is 4.21 Å². The molecule has 0 radical (unpaired) electrons. The highest BCUT2D eigenvalue weighted by Gasteiger charge is 2.23. The maximum absolute atomic E-state index is 11.0. The van der Waals surface area contributed by atoms with Gasteiger partial charge in [-0.05, 0) is 30.7 Å². The molecule has 0 aliphatic carbocycles. The van der Waals surface area contributed by atoms with Gasteiger partial charge in [-0.15, -0.1) is 0 Å². The molecule has 4 aromatic rings. The quantitative estimate of drug-likeness (QED) is 0.420. The highest BCUT2D eigenvalue weighted by atomic mass is 32.2. The third kappa shape index (κ3) is 4.10. The number of nitrogens with one attached hydrogen (secondary N) is 1. The fraction of sp³-hybridized carbons (Fsp3) is 0.200. The summed E-state index contributed by atoms with van der Waals surface area (Å²) in [5.74, 6) is 1.68. The Bertz CT molecular complexity index is 1250. The van der Waals surface area contributed by atoms with E-state index in [1.807, 2.05) is 31.2 Å². The van der Waals surface area contributed by atoms with Crippen LogP contribution in [0.15, 0.2) is 42.9 Å². The van der Waals surface area contributed by atoms with Gasteiger partial charge in [-0.25, -0.2) is 23.9 Å². The zero-order valence-corrected chi connectivity index (χ0v) is 17.9. The van der Waals surface area contributed by atoms with Gasteiger partial charge in [0.15, 0.2) is 17.1 Å². The molecule has 11 heteroatoms. The average Bonchev–Trinajstić information content (AvgIpc) is 3.15. The van der Waals surface area contributed by atoms with Crippen LogP contribution in [-0.2, 0) is 17.8 Å². The molecule has 31 heavy (non-hydrogen) atoms. The maximum Gasteiger partial charge on any atom is 0.232 e. The van der Waals surface area contributed by atoms with Crippen molar-refractivity contribution in [3.05, 3.63) is 54.1 Å². The van der Waals surface area contributed by atoms with E-state index in [1.54, 1.807) is 31.2 Å². The lowest BCUT2D eigenvalue weighted by molar-refractivity contribution is 0.391. The number of aryl methyl sites for hydroxylation is 1. The zero-order chi connectivity index (χ0) is 22.0. The van der Waals surface area contributed by atoms with E-state index in [2.05, 4.69) is 19.7 Å². The minimum Gasteiger partial charge on any atom is -0.494 e. The molecule has 2 N–H and O–H groups in total. The number of methoxy groups -OCH3 is 2. The van der Waals surface area contributed by atoms with Crippen molar-refractivity contribution in [3.8, 4) is 28.6 Å². The molecule has 0 saturated carbocycles. The summed E-state index contributed by atoms with van der Waals surface area (Å²) in [6.45, 7) is 2.00. The first-order chi connectivity index (χ1) is 15.0. The second-order valence-electron chi connectivity index (χ2n) is 6.61. The lowest BCUT2D eigenvalue weighted by Gasteiger charge is -2.16. The molecule has 1 aromatic carbocycles. The van der Waals surface area contributed by atoms with Crippen molar-refractivity contribution in [2.45, 2.75) is 13.5 Å². The van der Waals surface area contributed by atoms with Crippen LogP contribution in [0.3, 0.4) is 0 Å². The Morgan fingerprint density at radius 3 is 2.52 bits per heavy atom. The number of ether oxygens (including phenoxy) is 2. The number of rotatable bonds is 7. The number of nitrogens with zero attached hydrogens (tertiary/aromatic N) is 5. The predicted molar refractivity (Wildman–Crippen MR) is 115 cm³/mol. The van der Waals surface area contributed by atoms with Crippen LogP contribution in [0.2, 0.25) is 0 Å². The van der Waals surface area contributed by atoms with Gasteiger partial charge in [0.05, 0.1) is 32.7 Å². The van der Waals surface area contributed by atoms with Gasteiger partial charge in [0.1, 0.15) is 17.2 Å². The minimum atomic E-state index is -2.17. The Hall–Kier alpha value is -3.41. The molecule has 0 fully saturated rings.